The third-order valence-corrected chi connectivity index (χ3v) is 7.20. The predicted molar refractivity (Wildman–Crippen MR) is 157 cm³/mol. The third-order valence-electron chi connectivity index (χ3n) is 7.20. The molecule has 7 rings (SSSR count). The van der Waals surface area contributed by atoms with Gasteiger partial charge in [0.25, 0.3) is 11.5 Å². The number of ether oxygens (including phenoxy) is 1. The molecule has 1 amide bonds. The summed E-state index contributed by atoms with van der Waals surface area (Å²) in [5, 5.41) is 12.7. The van der Waals surface area contributed by atoms with Crippen molar-refractivity contribution in [3.8, 4) is 23.4 Å². The van der Waals surface area contributed by atoms with E-state index in [1.165, 1.54) is 4.52 Å². The van der Waals surface area contributed by atoms with Crippen LogP contribution < -0.4 is 21.3 Å². The first-order valence-electron chi connectivity index (χ1n) is 13.3. The Labute approximate surface area is 239 Å². The lowest BCUT2D eigenvalue weighted by molar-refractivity contribution is 0.0941. The summed E-state index contributed by atoms with van der Waals surface area (Å²) in [5.74, 6) is 6.55. The monoisotopic (exact) mass is 556 g/mol. The number of rotatable bonds is 4. The zero-order valence-electron chi connectivity index (χ0n) is 22.5. The first kappa shape index (κ1) is 25.1. The minimum atomic E-state index is -0.588. The maximum absolute atomic E-state index is 14.3. The Morgan fingerprint density at radius 3 is 2.79 bits per heavy atom. The Hall–Kier alpha value is -5.89. The van der Waals surface area contributed by atoms with E-state index in [4.69, 9.17) is 10.5 Å². The summed E-state index contributed by atoms with van der Waals surface area (Å²) < 4.78 is 10.5. The van der Waals surface area contributed by atoms with Crippen LogP contribution in [0.4, 0.5) is 5.82 Å². The van der Waals surface area contributed by atoms with Crippen molar-refractivity contribution in [3.63, 3.8) is 0 Å². The highest BCUT2D eigenvalue weighted by Crippen LogP contribution is 2.25. The van der Waals surface area contributed by atoms with Gasteiger partial charge in [-0.25, -0.2) is 14.2 Å². The lowest BCUT2D eigenvalue weighted by atomic mass is 10.0. The van der Waals surface area contributed by atoms with E-state index in [-0.39, 0.29) is 16.9 Å². The van der Waals surface area contributed by atoms with Crippen molar-refractivity contribution in [2.24, 2.45) is 0 Å². The summed E-state index contributed by atoms with van der Waals surface area (Å²) in [6, 6.07) is 17.8. The molecule has 3 N–H and O–H groups in total. The van der Waals surface area contributed by atoms with E-state index in [2.05, 4.69) is 32.3 Å². The Kier molecular flexibility index (Phi) is 5.94. The summed E-state index contributed by atoms with van der Waals surface area (Å²) in [7, 11) is 0. The Balaban J connectivity index is 1.34. The molecule has 1 atom stereocenters. The minimum absolute atomic E-state index is 0.0649. The zero-order chi connectivity index (χ0) is 28.8. The van der Waals surface area contributed by atoms with Crippen molar-refractivity contribution in [1.29, 1.82) is 0 Å². The molecular weight excluding hydrogens is 532 g/mol. The lowest BCUT2D eigenvalue weighted by Crippen LogP contribution is -2.32. The second kappa shape index (κ2) is 9.94. The number of nitrogens with zero attached hydrogens (tertiary/aromatic N) is 6. The van der Waals surface area contributed by atoms with Gasteiger partial charge in [-0.1, -0.05) is 42.2 Å². The Morgan fingerprint density at radius 1 is 1.10 bits per heavy atom. The number of carbonyl (C=O) groups is 1. The van der Waals surface area contributed by atoms with Gasteiger partial charge in [0.15, 0.2) is 11.5 Å². The number of nitrogen functional groups attached to an aromatic ring is 1. The van der Waals surface area contributed by atoms with E-state index in [0.717, 1.165) is 0 Å². The van der Waals surface area contributed by atoms with Crippen LogP contribution in [0.25, 0.3) is 22.1 Å². The molecule has 0 spiro atoms. The fraction of sp³-hybridized carbons (Fsp3) is 0.129. The highest BCUT2D eigenvalue weighted by Gasteiger charge is 2.24. The summed E-state index contributed by atoms with van der Waals surface area (Å²) in [6.07, 6.45) is 4.91. The van der Waals surface area contributed by atoms with Gasteiger partial charge in [0.05, 0.1) is 24.2 Å². The fourth-order valence-corrected chi connectivity index (χ4v) is 5.25. The molecule has 0 saturated carbocycles. The largest absolute Gasteiger partial charge is 0.475 e. The number of aromatic nitrogens is 6. The van der Waals surface area contributed by atoms with Gasteiger partial charge < -0.3 is 15.8 Å². The predicted octanol–water partition coefficient (Wildman–Crippen LogP) is 3.10. The van der Waals surface area contributed by atoms with Gasteiger partial charge in [0.2, 0.25) is 5.88 Å². The molecule has 0 saturated heterocycles. The van der Waals surface area contributed by atoms with Crippen molar-refractivity contribution in [3.05, 3.63) is 112 Å². The highest BCUT2D eigenvalue weighted by atomic mass is 16.5. The molecule has 42 heavy (non-hydrogen) atoms. The maximum Gasteiger partial charge on any atom is 0.264 e. The van der Waals surface area contributed by atoms with Crippen molar-refractivity contribution in [2.75, 3.05) is 12.3 Å². The van der Waals surface area contributed by atoms with Gasteiger partial charge in [0.1, 0.15) is 17.7 Å². The normalized spacial score (nSPS) is 12.9. The first-order chi connectivity index (χ1) is 20.5. The van der Waals surface area contributed by atoms with Crippen LogP contribution in [0.15, 0.2) is 84.0 Å². The summed E-state index contributed by atoms with van der Waals surface area (Å²) >= 11 is 0. The molecule has 6 aromatic rings. The van der Waals surface area contributed by atoms with E-state index in [1.54, 1.807) is 33.9 Å². The van der Waals surface area contributed by atoms with Crippen molar-refractivity contribution < 1.29 is 9.53 Å². The molecular formula is C31H24N8O3. The van der Waals surface area contributed by atoms with E-state index in [0.29, 0.717) is 58.0 Å². The molecule has 4 aromatic heterocycles. The van der Waals surface area contributed by atoms with Gasteiger partial charge in [-0.2, -0.15) is 5.10 Å². The lowest BCUT2D eigenvalue weighted by Gasteiger charge is -2.21. The molecule has 5 heterocycles. The van der Waals surface area contributed by atoms with Gasteiger partial charge in [-0.05, 0) is 42.6 Å². The molecule has 206 valence electrons. The Morgan fingerprint density at radius 2 is 1.93 bits per heavy atom. The summed E-state index contributed by atoms with van der Waals surface area (Å²) in [5.41, 5.74) is 8.83. The number of hydrogen-bond donors (Lipinski definition) is 2. The molecule has 11 nitrogen and oxygen atoms in total. The second-order valence-corrected chi connectivity index (χ2v) is 9.84. The van der Waals surface area contributed by atoms with Gasteiger partial charge in [-0.3, -0.25) is 14.2 Å². The van der Waals surface area contributed by atoms with Crippen LogP contribution >= 0.6 is 0 Å². The molecule has 0 radical (unpaired) electrons. The molecule has 0 fully saturated rings. The molecule has 1 aliphatic rings. The van der Waals surface area contributed by atoms with Crippen molar-refractivity contribution in [1.82, 2.24) is 34.3 Å². The van der Waals surface area contributed by atoms with E-state index < -0.39 is 11.9 Å². The van der Waals surface area contributed by atoms with Crippen LogP contribution in [0.1, 0.15) is 40.1 Å². The highest BCUT2D eigenvalue weighted by molar-refractivity contribution is 6.04. The van der Waals surface area contributed by atoms with Crippen LogP contribution in [0.2, 0.25) is 0 Å². The molecule has 0 bridgehead atoms. The van der Waals surface area contributed by atoms with Crippen molar-refractivity contribution in [2.45, 2.75) is 19.5 Å². The van der Waals surface area contributed by atoms with Gasteiger partial charge >= 0.3 is 0 Å². The van der Waals surface area contributed by atoms with Crippen LogP contribution in [0.3, 0.4) is 0 Å². The summed E-state index contributed by atoms with van der Waals surface area (Å²) in [4.78, 5) is 32.0. The standard InChI is InChI=1S/C31H24N8O3/c1-19(35-29(40)26-27(32)36-37-14-6-13-33-28(26)37)24-17-21-8-5-7-20(11-12-22-18-34-38-15-16-42-31(22)38)25(21)30(41)39(24)23-9-3-2-4-10-23/h2-10,13-14,17-19H,15-16H2,1H3,(H2,32,36)(H,35,40). The number of nitrogens with one attached hydrogen (secondary N) is 1. The smallest absolute Gasteiger partial charge is 0.264 e. The van der Waals surface area contributed by atoms with E-state index in [9.17, 15) is 9.59 Å². The number of amides is 1. The Bertz CT molecular complexity index is 2130. The van der Waals surface area contributed by atoms with E-state index >= 15 is 0 Å². The quantitative estimate of drug-likeness (QED) is 0.319. The number of carbonyl (C=O) groups excluding carboxylic acids is 1. The van der Waals surface area contributed by atoms with Crippen LogP contribution in [-0.2, 0) is 6.54 Å². The topological polar surface area (TPSA) is 134 Å². The number of anilines is 1. The number of benzene rings is 2. The fourth-order valence-electron chi connectivity index (χ4n) is 5.25. The average Bonchev–Trinajstić information content (AvgIpc) is 3.70. The number of hydrogen-bond acceptors (Lipinski definition) is 7. The van der Waals surface area contributed by atoms with Crippen LogP contribution in [0, 0.1) is 11.8 Å². The number of pyridine rings is 1. The second-order valence-electron chi connectivity index (χ2n) is 9.84. The number of fused-ring (bicyclic) bond motifs is 3. The zero-order valence-corrected chi connectivity index (χ0v) is 22.5. The molecule has 11 heteroatoms. The van der Waals surface area contributed by atoms with Gasteiger partial charge in [0, 0.05) is 29.3 Å². The van der Waals surface area contributed by atoms with Gasteiger partial charge in [-0.15, -0.1) is 5.10 Å². The van der Waals surface area contributed by atoms with Crippen LogP contribution in [-0.4, -0.2) is 41.5 Å². The molecule has 1 unspecified atom stereocenters. The van der Waals surface area contributed by atoms with Crippen LogP contribution in [0.5, 0.6) is 5.88 Å². The van der Waals surface area contributed by atoms with Crippen molar-refractivity contribution >= 4 is 28.1 Å². The molecule has 0 aliphatic carbocycles. The molecule has 1 aliphatic heterocycles. The molecule has 2 aromatic carbocycles. The average molecular weight is 557 g/mol. The number of para-hydroxylation sites is 1. The van der Waals surface area contributed by atoms with E-state index in [1.807, 2.05) is 61.5 Å². The third kappa shape index (κ3) is 4.13. The summed E-state index contributed by atoms with van der Waals surface area (Å²) in [6.45, 7) is 3.06. The SMILES string of the molecule is CC(NC(=O)c1c(N)nn2cccnc12)c1cc2cccc(C#Cc3cnn4c3OCC4)c2c(=O)n1-c1ccccc1. The maximum atomic E-state index is 14.3. The minimum Gasteiger partial charge on any atom is -0.475 e. The first-order valence-corrected chi connectivity index (χ1v) is 13.3. The number of nitrogens with two attached hydrogens (primary N) is 1.